The van der Waals surface area contributed by atoms with Crippen LogP contribution in [0.25, 0.3) is 0 Å². The standard InChI is InChI=1S/C23H24N2O3/c1-15-7-6-10-18(16(15)2)22(27)24-12-11-23-20(24)13-21(26)25(23)19(14-28-23)17-8-4-3-5-9-17/h3-10,19-20H,11-14H2,1-2H3/t19-,20+,23-/m0/s1. The minimum atomic E-state index is -0.676. The fraction of sp³-hybridized carbons (Fsp3) is 0.391. The highest BCUT2D eigenvalue weighted by Crippen LogP contribution is 2.51. The molecule has 2 amide bonds. The van der Waals surface area contributed by atoms with Crippen molar-refractivity contribution in [2.24, 2.45) is 0 Å². The zero-order chi connectivity index (χ0) is 19.5. The lowest BCUT2D eigenvalue weighted by Gasteiger charge is -2.33. The number of aryl methyl sites for hydroxylation is 1. The zero-order valence-electron chi connectivity index (χ0n) is 16.2. The zero-order valence-corrected chi connectivity index (χ0v) is 16.2. The SMILES string of the molecule is Cc1cccc(C(=O)N2CC[C@@]34OC[C@@H](c5ccccc5)N3C(=O)C[C@@H]24)c1C. The largest absolute Gasteiger partial charge is 0.351 e. The van der Waals surface area contributed by atoms with Gasteiger partial charge in [-0.05, 0) is 36.6 Å². The quantitative estimate of drug-likeness (QED) is 0.809. The molecule has 2 aromatic carbocycles. The highest BCUT2D eigenvalue weighted by Gasteiger charge is 2.65. The Morgan fingerprint density at radius 3 is 2.68 bits per heavy atom. The van der Waals surface area contributed by atoms with Gasteiger partial charge >= 0.3 is 0 Å². The van der Waals surface area contributed by atoms with E-state index in [1.807, 2.05) is 72.2 Å². The van der Waals surface area contributed by atoms with Crippen LogP contribution in [0.4, 0.5) is 0 Å². The lowest BCUT2D eigenvalue weighted by molar-refractivity contribution is -0.138. The Kier molecular flexibility index (Phi) is 3.85. The fourth-order valence-electron chi connectivity index (χ4n) is 5.15. The Bertz CT molecular complexity index is 958. The maximum absolute atomic E-state index is 13.3. The van der Waals surface area contributed by atoms with Gasteiger partial charge < -0.3 is 14.5 Å². The summed E-state index contributed by atoms with van der Waals surface area (Å²) in [6.45, 7) is 5.10. The average Bonchev–Trinajstić information content (AvgIpc) is 3.33. The summed E-state index contributed by atoms with van der Waals surface area (Å²) in [6, 6.07) is 15.6. The molecule has 3 aliphatic heterocycles. The first-order valence-corrected chi connectivity index (χ1v) is 9.91. The predicted molar refractivity (Wildman–Crippen MR) is 105 cm³/mol. The van der Waals surface area contributed by atoms with Crippen molar-refractivity contribution in [3.8, 4) is 0 Å². The van der Waals surface area contributed by atoms with Gasteiger partial charge in [0, 0.05) is 18.5 Å². The van der Waals surface area contributed by atoms with Gasteiger partial charge in [0.25, 0.3) is 5.91 Å². The van der Waals surface area contributed by atoms with Crippen LogP contribution in [0, 0.1) is 13.8 Å². The predicted octanol–water partition coefficient (Wildman–Crippen LogP) is 3.22. The molecule has 3 fully saturated rings. The Hall–Kier alpha value is -2.66. The van der Waals surface area contributed by atoms with Crippen molar-refractivity contribution in [1.82, 2.24) is 9.80 Å². The highest BCUT2D eigenvalue weighted by molar-refractivity contribution is 5.97. The van der Waals surface area contributed by atoms with Crippen LogP contribution in [0.15, 0.2) is 48.5 Å². The fourth-order valence-corrected chi connectivity index (χ4v) is 5.15. The second kappa shape index (κ2) is 6.17. The molecule has 28 heavy (non-hydrogen) atoms. The molecule has 3 aliphatic rings. The van der Waals surface area contributed by atoms with Gasteiger partial charge in [0.2, 0.25) is 5.91 Å². The molecule has 3 atom stereocenters. The van der Waals surface area contributed by atoms with E-state index in [9.17, 15) is 9.59 Å². The first kappa shape index (κ1) is 17.4. The Morgan fingerprint density at radius 1 is 1.11 bits per heavy atom. The highest BCUT2D eigenvalue weighted by atomic mass is 16.5. The number of amides is 2. The lowest BCUT2D eigenvalue weighted by atomic mass is 10.0. The van der Waals surface area contributed by atoms with E-state index in [1.165, 1.54) is 0 Å². The normalized spacial score (nSPS) is 28.6. The number of carbonyl (C=O) groups is 2. The number of hydrogen-bond donors (Lipinski definition) is 0. The maximum Gasteiger partial charge on any atom is 0.254 e. The molecule has 2 aromatic rings. The molecular weight excluding hydrogens is 352 g/mol. The van der Waals surface area contributed by atoms with E-state index in [0.717, 1.165) is 22.3 Å². The summed E-state index contributed by atoms with van der Waals surface area (Å²) in [7, 11) is 0. The van der Waals surface area contributed by atoms with Gasteiger partial charge in [-0.3, -0.25) is 9.59 Å². The van der Waals surface area contributed by atoms with Crippen molar-refractivity contribution >= 4 is 11.8 Å². The third-order valence-corrected chi connectivity index (χ3v) is 6.74. The van der Waals surface area contributed by atoms with Gasteiger partial charge in [0.05, 0.1) is 25.1 Å². The van der Waals surface area contributed by atoms with Gasteiger partial charge in [-0.1, -0.05) is 42.5 Å². The van der Waals surface area contributed by atoms with E-state index in [-0.39, 0.29) is 23.9 Å². The summed E-state index contributed by atoms with van der Waals surface area (Å²) in [6.07, 6.45) is 1.00. The van der Waals surface area contributed by atoms with E-state index in [4.69, 9.17) is 4.74 Å². The molecule has 0 unspecified atom stereocenters. The molecular formula is C23H24N2O3. The van der Waals surface area contributed by atoms with E-state index in [2.05, 4.69) is 0 Å². The van der Waals surface area contributed by atoms with Crippen molar-refractivity contribution in [2.45, 2.75) is 44.5 Å². The van der Waals surface area contributed by atoms with Crippen LogP contribution >= 0.6 is 0 Å². The van der Waals surface area contributed by atoms with Crippen LogP contribution in [-0.4, -0.2) is 46.5 Å². The number of rotatable bonds is 2. The molecule has 5 nitrogen and oxygen atoms in total. The molecule has 0 radical (unpaired) electrons. The van der Waals surface area contributed by atoms with Crippen molar-refractivity contribution < 1.29 is 14.3 Å². The number of carbonyl (C=O) groups excluding carboxylic acids is 2. The minimum absolute atomic E-state index is 0.00415. The van der Waals surface area contributed by atoms with Gasteiger partial charge in [0.1, 0.15) is 0 Å². The molecule has 5 rings (SSSR count). The molecule has 0 aliphatic carbocycles. The lowest BCUT2D eigenvalue weighted by Crippen LogP contribution is -2.49. The minimum Gasteiger partial charge on any atom is -0.351 e. The number of nitrogens with zero attached hydrogens (tertiary/aromatic N) is 2. The molecule has 5 heteroatoms. The average molecular weight is 376 g/mol. The monoisotopic (exact) mass is 376 g/mol. The molecule has 3 heterocycles. The van der Waals surface area contributed by atoms with E-state index in [0.29, 0.717) is 26.0 Å². The topological polar surface area (TPSA) is 49.9 Å². The molecule has 0 saturated carbocycles. The summed E-state index contributed by atoms with van der Waals surface area (Å²) in [5.74, 6) is 0.0827. The third kappa shape index (κ3) is 2.29. The molecule has 1 spiro atoms. The van der Waals surface area contributed by atoms with E-state index >= 15 is 0 Å². The first-order valence-electron chi connectivity index (χ1n) is 9.91. The molecule has 0 aromatic heterocycles. The number of hydrogen-bond acceptors (Lipinski definition) is 3. The van der Waals surface area contributed by atoms with Crippen LogP contribution in [0.2, 0.25) is 0 Å². The van der Waals surface area contributed by atoms with Gasteiger partial charge in [0.15, 0.2) is 5.72 Å². The van der Waals surface area contributed by atoms with Gasteiger partial charge in [-0.15, -0.1) is 0 Å². The summed E-state index contributed by atoms with van der Waals surface area (Å²) < 4.78 is 6.31. The van der Waals surface area contributed by atoms with E-state index in [1.54, 1.807) is 0 Å². The number of benzene rings is 2. The van der Waals surface area contributed by atoms with Crippen molar-refractivity contribution in [2.75, 3.05) is 13.2 Å². The smallest absolute Gasteiger partial charge is 0.254 e. The van der Waals surface area contributed by atoms with Crippen molar-refractivity contribution in [3.63, 3.8) is 0 Å². The Morgan fingerprint density at radius 2 is 1.89 bits per heavy atom. The molecule has 3 saturated heterocycles. The van der Waals surface area contributed by atoms with Crippen molar-refractivity contribution in [1.29, 1.82) is 0 Å². The number of likely N-dealkylation sites (tertiary alicyclic amines) is 1. The van der Waals surface area contributed by atoms with Crippen LogP contribution < -0.4 is 0 Å². The third-order valence-electron chi connectivity index (χ3n) is 6.74. The van der Waals surface area contributed by atoms with Crippen LogP contribution in [0.5, 0.6) is 0 Å². The van der Waals surface area contributed by atoms with Crippen molar-refractivity contribution in [3.05, 3.63) is 70.8 Å². The maximum atomic E-state index is 13.3. The molecule has 144 valence electrons. The first-order chi connectivity index (χ1) is 13.5. The molecule has 0 bridgehead atoms. The van der Waals surface area contributed by atoms with Gasteiger partial charge in [-0.25, -0.2) is 0 Å². The summed E-state index contributed by atoms with van der Waals surface area (Å²) >= 11 is 0. The summed E-state index contributed by atoms with van der Waals surface area (Å²) in [5.41, 5.74) is 3.24. The van der Waals surface area contributed by atoms with Gasteiger partial charge in [-0.2, -0.15) is 0 Å². The van der Waals surface area contributed by atoms with Crippen LogP contribution in [0.3, 0.4) is 0 Å². The van der Waals surface area contributed by atoms with E-state index < -0.39 is 5.72 Å². The molecule has 0 N–H and O–H groups in total. The number of ether oxygens (including phenoxy) is 1. The second-order valence-electron chi connectivity index (χ2n) is 8.06. The van der Waals surface area contributed by atoms with Crippen LogP contribution in [0.1, 0.15) is 45.9 Å². The summed E-state index contributed by atoms with van der Waals surface area (Å²) in [4.78, 5) is 30.1. The Balaban J connectivity index is 1.48. The summed E-state index contributed by atoms with van der Waals surface area (Å²) in [5, 5.41) is 0. The van der Waals surface area contributed by atoms with Crippen LogP contribution in [-0.2, 0) is 9.53 Å². The Labute approximate surface area is 164 Å². The second-order valence-corrected chi connectivity index (χ2v) is 8.06.